The first kappa shape index (κ1) is 35.6. The zero-order valence-corrected chi connectivity index (χ0v) is 31.9. The summed E-state index contributed by atoms with van der Waals surface area (Å²) in [6.45, 7) is 8.14. The SMILES string of the molecule is COc1ccc2cc1Oc1ccc(cc1)C[C@H]1c3cc(c(OC)cc3CCN1C)Oc1c(OC)c(OC)c(C#CC(C)(C)C)c3c1[C@H](C2)N(C)CC3. The van der Waals surface area contributed by atoms with Crippen LogP contribution in [-0.2, 0) is 25.7 Å². The Bertz CT molecular complexity index is 2040. The summed E-state index contributed by atoms with van der Waals surface area (Å²) in [6.07, 6.45) is 3.20. The van der Waals surface area contributed by atoms with Crippen LogP contribution in [0.3, 0.4) is 0 Å². The summed E-state index contributed by atoms with van der Waals surface area (Å²) in [5.41, 5.74) is 7.59. The molecule has 0 spiro atoms. The van der Waals surface area contributed by atoms with Gasteiger partial charge in [0, 0.05) is 36.2 Å². The quantitative estimate of drug-likeness (QED) is 0.196. The molecule has 4 aromatic carbocycles. The third kappa shape index (κ3) is 6.76. The van der Waals surface area contributed by atoms with Gasteiger partial charge in [0.25, 0.3) is 0 Å². The minimum atomic E-state index is -0.215. The van der Waals surface area contributed by atoms with Crippen LogP contribution in [0.1, 0.15) is 71.8 Å². The van der Waals surface area contributed by atoms with Gasteiger partial charge in [-0.15, -0.1) is 0 Å². The van der Waals surface area contributed by atoms with E-state index in [-0.39, 0.29) is 17.5 Å². The second-order valence-corrected chi connectivity index (χ2v) is 15.1. The van der Waals surface area contributed by atoms with Crippen molar-refractivity contribution < 1.29 is 28.4 Å². The highest BCUT2D eigenvalue weighted by atomic mass is 16.5. The number of nitrogens with zero attached hydrogens (tertiary/aromatic N) is 2. The Kier molecular flexibility index (Phi) is 9.77. The van der Waals surface area contributed by atoms with E-state index in [1.165, 1.54) is 16.7 Å². The van der Waals surface area contributed by atoms with Gasteiger partial charge in [0.1, 0.15) is 5.75 Å². The van der Waals surface area contributed by atoms with E-state index in [4.69, 9.17) is 28.4 Å². The lowest BCUT2D eigenvalue weighted by molar-refractivity contribution is 0.220. The fraction of sp³-hybridized carbons (Fsp3) is 0.409. The maximum atomic E-state index is 7.18. The average molecular weight is 703 g/mol. The second kappa shape index (κ2) is 14.3. The molecule has 8 heteroatoms. The van der Waals surface area contributed by atoms with E-state index < -0.39 is 0 Å². The van der Waals surface area contributed by atoms with Crippen LogP contribution in [-0.4, -0.2) is 65.4 Å². The molecule has 0 aliphatic carbocycles. The first-order chi connectivity index (χ1) is 25.0. The molecule has 0 aromatic heterocycles. The maximum Gasteiger partial charge on any atom is 0.205 e. The Hall–Kier alpha value is -4.84. The predicted octanol–water partition coefficient (Wildman–Crippen LogP) is 8.56. The van der Waals surface area contributed by atoms with E-state index in [1.54, 1.807) is 28.4 Å². The van der Waals surface area contributed by atoms with E-state index in [2.05, 4.69) is 92.9 Å². The second-order valence-electron chi connectivity index (χ2n) is 15.1. The Balaban J connectivity index is 1.52. The van der Waals surface area contributed by atoms with Gasteiger partial charge >= 0.3 is 0 Å². The fourth-order valence-electron chi connectivity index (χ4n) is 7.79. The van der Waals surface area contributed by atoms with E-state index in [9.17, 15) is 0 Å². The lowest BCUT2D eigenvalue weighted by Gasteiger charge is -2.38. The molecular weight excluding hydrogens is 652 g/mol. The van der Waals surface area contributed by atoms with Gasteiger partial charge in [-0.1, -0.05) is 30.0 Å². The summed E-state index contributed by atoms with van der Waals surface area (Å²) in [5.74, 6) is 12.2. The molecule has 4 aliphatic rings. The van der Waals surface area contributed by atoms with Gasteiger partial charge in [-0.25, -0.2) is 0 Å². The van der Waals surface area contributed by atoms with Crippen molar-refractivity contribution in [2.75, 3.05) is 55.6 Å². The molecule has 4 aliphatic heterocycles. The van der Waals surface area contributed by atoms with Gasteiger partial charge in [0.05, 0.1) is 34.0 Å². The third-order valence-corrected chi connectivity index (χ3v) is 10.6. The van der Waals surface area contributed by atoms with Gasteiger partial charge in [-0.05, 0) is 125 Å². The number of methoxy groups -OCH3 is 4. The highest BCUT2D eigenvalue weighted by molar-refractivity contribution is 5.71. The van der Waals surface area contributed by atoms with E-state index in [0.29, 0.717) is 46.7 Å². The van der Waals surface area contributed by atoms with Crippen molar-refractivity contribution in [2.45, 2.75) is 58.5 Å². The zero-order chi connectivity index (χ0) is 36.7. The van der Waals surface area contributed by atoms with Crippen LogP contribution in [0.4, 0.5) is 0 Å². The van der Waals surface area contributed by atoms with Crippen LogP contribution in [0.15, 0.2) is 54.6 Å². The minimum absolute atomic E-state index is 0.0874. The van der Waals surface area contributed by atoms with Gasteiger partial charge < -0.3 is 28.4 Å². The van der Waals surface area contributed by atoms with Gasteiger partial charge in [0.2, 0.25) is 5.75 Å². The van der Waals surface area contributed by atoms with Crippen LogP contribution >= 0.6 is 0 Å². The van der Waals surface area contributed by atoms with Gasteiger partial charge in [0.15, 0.2) is 34.5 Å². The molecule has 0 radical (unpaired) electrons. The van der Waals surface area contributed by atoms with Crippen LogP contribution in [0, 0.1) is 17.3 Å². The fourth-order valence-corrected chi connectivity index (χ4v) is 7.79. The highest BCUT2D eigenvalue weighted by Crippen LogP contribution is 2.53. The van der Waals surface area contributed by atoms with Gasteiger partial charge in [-0.2, -0.15) is 0 Å². The largest absolute Gasteiger partial charge is 0.493 e. The Morgan fingerprint density at radius 1 is 0.692 bits per heavy atom. The molecule has 0 N–H and O–H groups in total. The summed E-state index contributed by atoms with van der Waals surface area (Å²) >= 11 is 0. The zero-order valence-electron chi connectivity index (χ0n) is 31.9. The molecule has 52 heavy (non-hydrogen) atoms. The number of benzene rings is 4. The number of rotatable bonds is 4. The summed E-state index contributed by atoms with van der Waals surface area (Å²) < 4.78 is 37.9. The average Bonchev–Trinajstić information content (AvgIpc) is 3.13. The summed E-state index contributed by atoms with van der Waals surface area (Å²) in [6, 6.07) is 19.0. The van der Waals surface area contributed by atoms with Crippen LogP contribution < -0.4 is 28.4 Å². The molecule has 4 heterocycles. The van der Waals surface area contributed by atoms with Crippen molar-refractivity contribution in [1.29, 1.82) is 0 Å². The Morgan fingerprint density at radius 3 is 2.04 bits per heavy atom. The molecule has 6 bridgehead atoms. The molecule has 0 saturated heterocycles. The van der Waals surface area contributed by atoms with Crippen molar-refractivity contribution >= 4 is 0 Å². The van der Waals surface area contributed by atoms with E-state index >= 15 is 0 Å². The van der Waals surface area contributed by atoms with Crippen molar-refractivity contribution in [3.63, 3.8) is 0 Å². The monoisotopic (exact) mass is 702 g/mol. The molecule has 0 amide bonds. The summed E-state index contributed by atoms with van der Waals surface area (Å²) in [4.78, 5) is 4.82. The molecule has 0 fully saturated rings. The topological polar surface area (TPSA) is 61.9 Å². The molecule has 0 unspecified atom stereocenters. The number of likely N-dealkylation sites (N-methyl/N-ethyl adjacent to an activating group) is 2. The number of fused-ring (bicyclic) bond motifs is 2. The molecule has 4 aromatic rings. The minimum Gasteiger partial charge on any atom is -0.493 e. The predicted molar refractivity (Wildman–Crippen MR) is 204 cm³/mol. The number of hydrogen-bond acceptors (Lipinski definition) is 8. The molecule has 272 valence electrons. The van der Waals surface area contributed by atoms with Crippen LogP contribution in [0.25, 0.3) is 0 Å². The van der Waals surface area contributed by atoms with E-state index in [0.717, 1.165) is 60.4 Å². The standard InChI is InChI=1S/C44H50N2O6/c1-44(2,3)19-16-32-31-18-21-46(5)35-23-28-12-15-36(47-6)38(24-28)51-30-13-10-27(11-14-30)22-34-33-26-39(37(48-7)25-29(33)17-20-45(34)4)52-42(40(31)35)43(50-9)41(32)49-8/h10-15,24-26,34-35H,17-18,20-23H2,1-9H3/t34-,35-/m0/s1. The Morgan fingerprint density at radius 2 is 1.35 bits per heavy atom. The lowest BCUT2D eigenvalue weighted by Crippen LogP contribution is -2.34. The number of hydrogen-bond donors (Lipinski definition) is 0. The third-order valence-electron chi connectivity index (χ3n) is 10.6. The lowest BCUT2D eigenvalue weighted by atomic mass is 9.84. The summed E-state index contributed by atoms with van der Waals surface area (Å²) in [7, 11) is 11.1. The molecular formula is C44H50N2O6. The van der Waals surface area contributed by atoms with Crippen LogP contribution in [0.5, 0.6) is 46.0 Å². The smallest absolute Gasteiger partial charge is 0.205 e. The Labute approximate surface area is 308 Å². The molecule has 2 atom stereocenters. The highest BCUT2D eigenvalue weighted by Gasteiger charge is 2.37. The van der Waals surface area contributed by atoms with Crippen molar-refractivity contribution in [2.24, 2.45) is 5.41 Å². The van der Waals surface area contributed by atoms with Crippen molar-refractivity contribution in [1.82, 2.24) is 9.80 Å². The molecule has 8 rings (SSSR count). The maximum absolute atomic E-state index is 7.18. The molecule has 0 saturated carbocycles. The first-order valence-electron chi connectivity index (χ1n) is 18.1. The van der Waals surface area contributed by atoms with Crippen molar-refractivity contribution in [3.8, 4) is 57.8 Å². The molecule has 8 nitrogen and oxygen atoms in total. The van der Waals surface area contributed by atoms with Crippen molar-refractivity contribution in [3.05, 3.63) is 93.5 Å². The van der Waals surface area contributed by atoms with Gasteiger partial charge in [-0.3, -0.25) is 9.80 Å². The first-order valence-corrected chi connectivity index (χ1v) is 18.1. The van der Waals surface area contributed by atoms with Crippen LogP contribution in [0.2, 0.25) is 0 Å². The number of ether oxygens (including phenoxy) is 6. The van der Waals surface area contributed by atoms with E-state index in [1.807, 2.05) is 18.2 Å². The normalized spacial score (nSPS) is 18.4. The summed E-state index contributed by atoms with van der Waals surface area (Å²) in [5, 5.41) is 0.